The molecule has 6 heavy (non-hydrogen) atoms. The van der Waals surface area contributed by atoms with E-state index in [4.69, 9.17) is 14.1 Å². The third-order valence-electron chi connectivity index (χ3n) is 0. The average molecular weight is 118 g/mol. The molecule has 0 rings (SSSR count). The fraction of sp³-hybridized carbons (Fsp3) is 0. The van der Waals surface area contributed by atoms with E-state index in [0.29, 0.717) is 0 Å². The van der Waals surface area contributed by atoms with Crippen LogP contribution in [-0.4, -0.2) is 24.2 Å². The zero-order chi connectivity index (χ0) is 3.58. The Morgan fingerprint density at radius 1 is 1.33 bits per heavy atom. The third-order valence-corrected chi connectivity index (χ3v) is 0. The average Bonchev–Trinajstić information content (AvgIpc) is 0.811. The predicted molar refractivity (Wildman–Crippen MR) is 12.8 cm³/mol. The van der Waals surface area contributed by atoms with Crippen molar-refractivity contribution in [3.63, 3.8) is 0 Å². The van der Waals surface area contributed by atoms with Gasteiger partial charge < -0.3 is 15.1 Å². The van der Waals surface area contributed by atoms with Crippen LogP contribution in [0.2, 0.25) is 0 Å². The first-order valence-corrected chi connectivity index (χ1v) is 1.95. The van der Waals surface area contributed by atoms with Gasteiger partial charge in [-0.25, -0.2) is 0 Å². The summed E-state index contributed by atoms with van der Waals surface area (Å²) in [5, 5.41) is 0. The second-order valence-electron chi connectivity index (χ2n) is 0.283. The molecule has 4 nitrogen and oxygen atoms in total. The van der Waals surface area contributed by atoms with Gasteiger partial charge in [-0.15, -0.1) is 0 Å². The van der Waals surface area contributed by atoms with Crippen LogP contribution in [0.25, 0.3) is 0 Å². The van der Waals surface area contributed by atoms with Crippen molar-refractivity contribution in [3.05, 3.63) is 0 Å². The molecule has 0 unspecified atom stereocenters. The standard InChI is InChI=1S/Na.H2O3Si.H2O/c;1-4(2)3;/h;1-2H;1H2/q+1;;/p-1. The minimum Gasteiger partial charge on any atom is -0.870 e. The molecule has 0 saturated heterocycles. The molecule has 32 valence electrons. The smallest absolute Gasteiger partial charge is 0.870 e. The quantitative estimate of drug-likeness (QED) is 0.312. The molecule has 0 aromatic rings. The van der Waals surface area contributed by atoms with Crippen LogP contribution in [0.5, 0.6) is 0 Å². The van der Waals surface area contributed by atoms with E-state index >= 15 is 0 Å². The normalized spacial score (nSPS) is 4.00. The molecule has 0 aliphatic rings. The minimum absolute atomic E-state index is 0. The van der Waals surface area contributed by atoms with E-state index in [0.717, 1.165) is 0 Å². The van der Waals surface area contributed by atoms with Gasteiger partial charge >= 0.3 is 38.7 Å². The Kier molecular flexibility index (Phi) is 24.3. The largest absolute Gasteiger partial charge is 1.00 e. The number of hydrogen-bond acceptors (Lipinski definition) is 2. The second kappa shape index (κ2) is 9.13. The molecule has 0 aliphatic heterocycles. The van der Waals surface area contributed by atoms with Crippen molar-refractivity contribution in [1.82, 2.24) is 0 Å². The fourth-order valence-electron chi connectivity index (χ4n) is 0. The Bertz CT molecular complexity index is 30.5. The Morgan fingerprint density at radius 3 is 1.33 bits per heavy atom. The molecule has 0 saturated carbocycles. The summed E-state index contributed by atoms with van der Waals surface area (Å²) in [6.45, 7) is 0. The van der Waals surface area contributed by atoms with E-state index < -0.39 is 9.17 Å². The first-order valence-electron chi connectivity index (χ1n) is 0.651. The summed E-state index contributed by atoms with van der Waals surface area (Å²) in [5.41, 5.74) is 0. The van der Waals surface area contributed by atoms with Crippen LogP contribution in [0.4, 0.5) is 0 Å². The molecule has 0 aromatic carbocycles. The summed E-state index contributed by atoms with van der Waals surface area (Å²) in [6, 6.07) is 0. The van der Waals surface area contributed by atoms with Crippen LogP contribution >= 0.6 is 0 Å². The SMILES string of the molecule is O=[Si](O)O.[Na+].[OH-]. The van der Waals surface area contributed by atoms with E-state index in [2.05, 4.69) is 0 Å². The molecule has 0 aromatic heterocycles. The minimum atomic E-state index is -3.13. The van der Waals surface area contributed by atoms with E-state index in [-0.39, 0.29) is 35.0 Å². The first-order chi connectivity index (χ1) is 1.73. The fourth-order valence-corrected chi connectivity index (χ4v) is 0. The van der Waals surface area contributed by atoms with Crippen LogP contribution in [0.3, 0.4) is 0 Å². The molecular weight excluding hydrogens is 115 g/mol. The van der Waals surface area contributed by atoms with Gasteiger partial charge in [0.05, 0.1) is 0 Å². The summed E-state index contributed by atoms with van der Waals surface area (Å²) in [6.07, 6.45) is 0. The molecule has 0 aliphatic carbocycles. The van der Waals surface area contributed by atoms with Crippen molar-refractivity contribution >= 4 is 9.17 Å². The van der Waals surface area contributed by atoms with Crippen LogP contribution in [0.1, 0.15) is 0 Å². The van der Waals surface area contributed by atoms with Crippen LogP contribution < -0.4 is 29.6 Å². The van der Waals surface area contributed by atoms with Gasteiger partial charge in [-0.05, 0) is 0 Å². The van der Waals surface area contributed by atoms with E-state index in [1.165, 1.54) is 0 Å². The predicted octanol–water partition coefficient (Wildman–Crippen LogP) is -4.79. The van der Waals surface area contributed by atoms with Crippen LogP contribution in [0, 0.1) is 0 Å². The molecule has 0 heterocycles. The van der Waals surface area contributed by atoms with Gasteiger partial charge in [0.2, 0.25) is 0 Å². The van der Waals surface area contributed by atoms with Crippen molar-refractivity contribution in [3.8, 4) is 0 Å². The molecule has 0 bridgehead atoms. The van der Waals surface area contributed by atoms with Gasteiger partial charge in [0.15, 0.2) is 0 Å². The maximum Gasteiger partial charge on any atom is 1.00 e. The van der Waals surface area contributed by atoms with Crippen molar-refractivity contribution in [2.75, 3.05) is 0 Å². The molecule has 0 amide bonds. The van der Waals surface area contributed by atoms with Crippen LogP contribution in [0.15, 0.2) is 0 Å². The van der Waals surface area contributed by atoms with Crippen molar-refractivity contribution in [2.45, 2.75) is 0 Å². The molecule has 6 heteroatoms. The van der Waals surface area contributed by atoms with E-state index in [1.807, 2.05) is 0 Å². The summed E-state index contributed by atoms with van der Waals surface area (Å²) in [7, 11) is -3.13. The molecule has 0 fully saturated rings. The molecule has 0 atom stereocenters. The Balaban J connectivity index is -0.0000000450. The van der Waals surface area contributed by atoms with Crippen LogP contribution in [-0.2, 0) is 4.46 Å². The molecule has 0 radical (unpaired) electrons. The molecule has 3 N–H and O–H groups in total. The number of rotatable bonds is 0. The first kappa shape index (κ1) is 16.0. The monoisotopic (exact) mass is 118 g/mol. The van der Waals surface area contributed by atoms with Gasteiger partial charge in [0, 0.05) is 0 Å². The summed E-state index contributed by atoms with van der Waals surface area (Å²) < 4.78 is 8.74. The van der Waals surface area contributed by atoms with Gasteiger partial charge in [-0.1, -0.05) is 0 Å². The zero-order valence-corrected chi connectivity index (χ0v) is 6.25. The van der Waals surface area contributed by atoms with Gasteiger partial charge in [0.25, 0.3) is 0 Å². The third kappa shape index (κ3) is 176. The number of hydrogen-bond donors (Lipinski definition) is 2. The van der Waals surface area contributed by atoms with Crippen molar-refractivity contribution in [2.24, 2.45) is 0 Å². The zero-order valence-electron chi connectivity index (χ0n) is 3.25. The Morgan fingerprint density at radius 2 is 1.33 bits per heavy atom. The maximum absolute atomic E-state index is 8.74. The summed E-state index contributed by atoms with van der Waals surface area (Å²) in [5.74, 6) is 0. The Labute approximate surface area is 58.3 Å². The Hall–Kier alpha value is 0.577. The molecule has 0 spiro atoms. The summed E-state index contributed by atoms with van der Waals surface area (Å²) >= 11 is 0. The van der Waals surface area contributed by atoms with E-state index in [1.54, 1.807) is 0 Å². The van der Waals surface area contributed by atoms with E-state index in [9.17, 15) is 0 Å². The van der Waals surface area contributed by atoms with Gasteiger partial charge in [-0.3, -0.25) is 4.46 Å². The maximum atomic E-state index is 8.74. The topological polar surface area (TPSA) is 87.5 Å². The van der Waals surface area contributed by atoms with Crippen molar-refractivity contribution in [1.29, 1.82) is 0 Å². The molecular formula is H3NaO4Si. The van der Waals surface area contributed by atoms with Crippen molar-refractivity contribution < 1.29 is 49.1 Å². The summed E-state index contributed by atoms with van der Waals surface area (Å²) in [4.78, 5) is 14.3. The van der Waals surface area contributed by atoms with Gasteiger partial charge in [-0.2, -0.15) is 0 Å². The second-order valence-corrected chi connectivity index (χ2v) is 0.848. The van der Waals surface area contributed by atoms with Gasteiger partial charge in [0.1, 0.15) is 0 Å².